The van der Waals surface area contributed by atoms with Crippen LogP contribution in [0.3, 0.4) is 0 Å². The van der Waals surface area contributed by atoms with Crippen LogP contribution in [0.15, 0.2) is 30.5 Å². The number of nitrogens with zero attached hydrogens (tertiary/aromatic N) is 4. The molecule has 3 saturated heterocycles. The van der Waals surface area contributed by atoms with Gasteiger partial charge in [-0.2, -0.15) is 0 Å². The number of allylic oxidation sites excluding steroid dienone is 1. The highest BCUT2D eigenvalue weighted by molar-refractivity contribution is 6.31. The number of pyridine rings is 1. The molecule has 0 spiro atoms. The van der Waals surface area contributed by atoms with E-state index in [-0.39, 0.29) is 18.0 Å². The fraction of sp³-hybridized carbons (Fsp3) is 0.515. The van der Waals surface area contributed by atoms with Crippen LogP contribution in [-0.4, -0.2) is 77.2 Å². The van der Waals surface area contributed by atoms with Gasteiger partial charge in [0.15, 0.2) is 6.29 Å². The summed E-state index contributed by atoms with van der Waals surface area (Å²) in [7, 11) is 0. The topological polar surface area (TPSA) is 99.8 Å². The fourth-order valence-electron chi connectivity index (χ4n) is 7.68. The lowest BCUT2D eigenvalue weighted by Crippen LogP contribution is -2.45. The highest BCUT2D eigenvalue weighted by Crippen LogP contribution is 2.43. The van der Waals surface area contributed by atoms with Crippen molar-refractivity contribution in [2.45, 2.75) is 51.0 Å². The number of hydrogen-bond donors (Lipinski definition) is 1. The minimum absolute atomic E-state index is 0.0940. The molecule has 8 nitrogen and oxygen atoms in total. The summed E-state index contributed by atoms with van der Waals surface area (Å²) in [6.45, 7) is 4.83. The van der Waals surface area contributed by atoms with Gasteiger partial charge in [-0.1, -0.05) is 29.3 Å². The zero-order chi connectivity index (χ0) is 30.1. The smallest absolute Gasteiger partial charge is 0.314 e. The molecular formula is C33H39Cl2N5O3. The van der Waals surface area contributed by atoms with Gasteiger partial charge >= 0.3 is 6.03 Å². The Kier molecular flexibility index (Phi) is 9.08. The summed E-state index contributed by atoms with van der Waals surface area (Å²) in [5, 5.41) is 1.14. The molecule has 1 atom stereocenters. The Morgan fingerprint density at radius 2 is 1.53 bits per heavy atom. The zero-order valence-electron chi connectivity index (χ0n) is 24.4. The largest absolute Gasteiger partial charge is 0.351 e. The van der Waals surface area contributed by atoms with Gasteiger partial charge in [-0.05, 0) is 105 Å². The van der Waals surface area contributed by atoms with Crippen molar-refractivity contribution >= 4 is 53.1 Å². The number of aromatic nitrogens is 1. The van der Waals surface area contributed by atoms with Gasteiger partial charge in [-0.3, -0.25) is 19.5 Å². The molecule has 6 rings (SSSR count). The first-order valence-electron chi connectivity index (χ1n) is 15.5. The van der Waals surface area contributed by atoms with Crippen LogP contribution in [0.5, 0.6) is 0 Å². The number of piperidine rings is 3. The summed E-state index contributed by atoms with van der Waals surface area (Å²) >= 11 is 12.7. The Bertz CT molecular complexity index is 1410. The molecular weight excluding hydrogens is 585 g/mol. The minimum Gasteiger partial charge on any atom is -0.351 e. The molecule has 228 valence electrons. The van der Waals surface area contributed by atoms with Gasteiger partial charge in [0.2, 0.25) is 5.91 Å². The van der Waals surface area contributed by atoms with Gasteiger partial charge in [-0.15, -0.1) is 0 Å². The third-order valence-electron chi connectivity index (χ3n) is 10.1. The minimum atomic E-state index is -0.364. The SMILES string of the molecule is NC(=O)N1CCC(CC(=O)N2CCC(C3CCN(C4c5ccc(Cl)cc5C=C(C=O)c5cc(Cl)cnc54)CC3)CC2)CC1. The number of nitrogens with two attached hydrogens (primary N) is 1. The number of aldehydes is 1. The second-order valence-corrected chi connectivity index (χ2v) is 13.4. The van der Waals surface area contributed by atoms with Gasteiger partial charge in [-0.25, -0.2) is 4.79 Å². The van der Waals surface area contributed by atoms with Gasteiger partial charge < -0.3 is 15.5 Å². The van der Waals surface area contributed by atoms with Crippen molar-refractivity contribution in [2.75, 3.05) is 39.3 Å². The number of carbonyl (C=O) groups is 3. The second kappa shape index (κ2) is 13.0. The molecule has 4 aliphatic rings. The fourth-order valence-corrected chi connectivity index (χ4v) is 8.02. The number of carbonyl (C=O) groups excluding carboxylic acids is 3. The Labute approximate surface area is 263 Å². The normalized spacial score (nSPS) is 22.4. The zero-order valence-corrected chi connectivity index (χ0v) is 25.9. The molecule has 2 aromatic rings. The summed E-state index contributed by atoms with van der Waals surface area (Å²) in [4.78, 5) is 47.6. The average molecular weight is 625 g/mol. The molecule has 1 unspecified atom stereocenters. The van der Waals surface area contributed by atoms with E-state index in [4.69, 9.17) is 33.9 Å². The molecule has 43 heavy (non-hydrogen) atoms. The lowest BCUT2D eigenvalue weighted by Gasteiger charge is -2.43. The number of benzene rings is 1. The third-order valence-corrected chi connectivity index (χ3v) is 10.6. The van der Waals surface area contributed by atoms with E-state index in [1.165, 1.54) is 0 Å². The van der Waals surface area contributed by atoms with Crippen LogP contribution < -0.4 is 5.73 Å². The molecule has 3 fully saturated rings. The van der Waals surface area contributed by atoms with Crippen molar-refractivity contribution in [1.29, 1.82) is 0 Å². The number of primary amides is 1. The predicted molar refractivity (Wildman–Crippen MR) is 169 cm³/mol. The lowest BCUT2D eigenvalue weighted by molar-refractivity contribution is -0.134. The summed E-state index contributed by atoms with van der Waals surface area (Å²) in [6, 6.07) is 7.28. The number of hydrogen-bond acceptors (Lipinski definition) is 5. The molecule has 0 radical (unpaired) electrons. The Morgan fingerprint density at radius 3 is 2.19 bits per heavy atom. The van der Waals surface area contributed by atoms with Crippen molar-refractivity contribution in [3.63, 3.8) is 0 Å². The van der Waals surface area contributed by atoms with Gasteiger partial charge in [0.05, 0.1) is 16.8 Å². The Hall–Kier alpha value is -2.94. The van der Waals surface area contributed by atoms with E-state index in [1.807, 2.05) is 24.3 Å². The molecule has 4 heterocycles. The maximum atomic E-state index is 13.1. The summed E-state index contributed by atoms with van der Waals surface area (Å²) in [5.41, 5.74) is 9.63. The second-order valence-electron chi connectivity index (χ2n) is 12.5. The first-order chi connectivity index (χ1) is 20.8. The average Bonchev–Trinajstić information content (AvgIpc) is 3.15. The molecule has 1 aromatic carbocycles. The van der Waals surface area contributed by atoms with Gasteiger partial charge in [0.1, 0.15) is 0 Å². The van der Waals surface area contributed by atoms with Crippen LogP contribution in [0.25, 0.3) is 11.6 Å². The van der Waals surface area contributed by atoms with Crippen LogP contribution in [-0.2, 0) is 9.59 Å². The third kappa shape index (κ3) is 6.47. The lowest BCUT2D eigenvalue weighted by atomic mass is 9.78. The molecule has 2 N–H and O–H groups in total. The van der Waals surface area contributed by atoms with E-state index in [0.717, 1.165) is 93.4 Å². The van der Waals surface area contributed by atoms with E-state index < -0.39 is 0 Å². The van der Waals surface area contributed by atoms with Crippen LogP contribution in [0.1, 0.15) is 73.4 Å². The van der Waals surface area contributed by atoms with E-state index in [9.17, 15) is 14.4 Å². The summed E-state index contributed by atoms with van der Waals surface area (Å²) < 4.78 is 0. The number of fused-ring (bicyclic) bond motifs is 2. The Morgan fingerprint density at radius 1 is 0.884 bits per heavy atom. The molecule has 1 aromatic heterocycles. The van der Waals surface area contributed by atoms with E-state index in [1.54, 1.807) is 11.1 Å². The van der Waals surface area contributed by atoms with Crippen LogP contribution in [0.2, 0.25) is 10.0 Å². The van der Waals surface area contributed by atoms with Crippen LogP contribution in [0, 0.1) is 17.8 Å². The first-order valence-corrected chi connectivity index (χ1v) is 16.2. The molecule has 1 aliphatic carbocycles. The maximum absolute atomic E-state index is 13.1. The van der Waals surface area contributed by atoms with Crippen molar-refractivity contribution in [3.05, 3.63) is 62.9 Å². The van der Waals surface area contributed by atoms with Crippen molar-refractivity contribution in [2.24, 2.45) is 23.5 Å². The van der Waals surface area contributed by atoms with Gasteiger partial charge in [0.25, 0.3) is 0 Å². The molecule has 0 bridgehead atoms. The van der Waals surface area contributed by atoms with E-state index in [0.29, 0.717) is 52.9 Å². The number of rotatable bonds is 5. The van der Waals surface area contributed by atoms with E-state index in [2.05, 4.69) is 15.9 Å². The van der Waals surface area contributed by atoms with Crippen molar-refractivity contribution in [1.82, 2.24) is 19.7 Å². The van der Waals surface area contributed by atoms with Crippen LogP contribution >= 0.6 is 23.2 Å². The predicted octanol–water partition coefficient (Wildman–Crippen LogP) is 5.66. The van der Waals surface area contributed by atoms with Crippen LogP contribution in [0.4, 0.5) is 4.79 Å². The number of urea groups is 1. The quantitative estimate of drug-likeness (QED) is 0.433. The Balaban J connectivity index is 1.08. The van der Waals surface area contributed by atoms with E-state index >= 15 is 0 Å². The first kappa shape index (κ1) is 30.1. The monoisotopic (exact) mass is 623 g/mol. The number of likely N-dealkylation sites (tertiary alicyclic amines) is 3. The molecule has 3 amide bonds. The maximum Gasteiger partial charge on any atom is 0.314 e. The van der Waals surface area contributed by atoms with Crippen molar-refractivity contribution < 1.29 is 14.4 Å². The number of halogens is 2. The molecule has 3 aliphatic heterocycles. The van der Waals surface area contributed by atoms with Crippen molar-refractivity contribution in [3.8, 4) is 0 Å². The highest BCUT2D eigenvalue weighted by atomic mass is 35.5. The number of amides is 3. The highest BCUT2D eigenvalue weighted by Gasteiger charge is 2.36. The van der Waals surface area contributed by atoms with Gasteiger partial charge in [0, 0.05) is 55.0 Å². The summed E-state index contributed by atoms with van der Waals surface area (Å²) in [6.07, 6.45) is 11.0. The molecule has 10 heteroatoms. The summed E-state index contributed by atoms with van der Waals surface area (Å²) in [5.74, 6) is 1.84. The molecule has 0 saturated carbocycles. The standard InChI is InChI=1S/C33H39Cl2N5O3/c34-26-1-2-28-24(17-26)16-25(20-41)29-18-27(35)19-37-31(29)32(28)39-13-7-23(8-14-39)22-5-11-38(12-6-22)30(42)15-21-3-9-40(10-4-21)33(36)43/h1-2,16-23,32H,3-15H2,(H2,36,43).